The average molecular weight is 270 g/mol. The molecule has 2 aromatic rings. The Balaban J connectivity index is 2.04. The summed E-state index contributed by atoms with van der Waals surface area (Å²) in [6, 6.07) is 13.7. The van der Waals surface area contributed by atoms with Gasteiger partial charge in [-0.05, 0) is 42.5 Å². The summed E-state index contributed by atoms with van der Waals surface area (Å²) in [4.78, 5) is 0. The Hall–Kier alpha value is -1.63. The highest BCUT2D eigenvalue weighted by Gasteiger charge is 2.05. The lowest BCUT2D eigenvalue weighted by Gasteiger charge is -2.06. The van der Waals surface area contributed by atoms with Gasteiger partial charge in [0.05, 0.1) is 0 Å². The molecule has 2 aromatic carbocycles. The van der Waals surface area contributed by atoms with Crippen molar-refractivity contribution in [1.29, 1.82) is 0 Å². The lowest BCUT2D eigenvalue weighted by molar-refractivity contribution is 0.630. The summed E-state index contributed by atoms with van der Waals surface area (Å²) < 4.78 is 13.9. The minimum absolute atomic E-state index is 0.138. The molecule has 0 nitrogen and oxygen atoms in total. The van der Waals surface area contributed by atoms with Crippen LogP contribution < -0.4 is 0 Å². The molecule has 0 aliphatic rings. The van der Waals surface area contributed by atoms with Crippen LogP contribution in [0.25, 0.3) is 11.1 Å². The summed E-state index contributed by atoms with van der Waals surface area (Å²) in [5.41, 5.74) is 3.95. The topological polar surface area (TPSA) is 0 Å². The van der Waals surface area contributed by atoms with Gasteiger partial charge in [0, 0.05) is 5.56 Å². The molecule has 0 bridgehead atoms. The fourth-order valence-corrected chi connectivity index (χ4v) is 2.46. The van der Waals surface area contributed by atoms with E-state index in [0.717, 1.165) is 17.5 Å². The first-order chi connectivity index (χ1) is 9.70. The third kappa shape index (κ3) is 3.93. The predicted molar refractivity (Wildman–Crippen MR) is 84.4 cm³/mol. The number of unbranched alkanes of at least 4 members (excludes halogenated alkanes) is 3. The van der Waals surface area contributed by atoms with E-state index in [0.29, 0.717) is 5.56 Å². The third-order valence-electron chi connectivity index (χ3n) is 3.71. The molecule has 0 aromatic heterocycles. The standard InChI is InChI=1S/C19H23F/c1-3-4-5-6-7-16-9-11-17(12-10-16)18-13-8-15(2)14-19(18)20/h8-14H,3-7H2,1-2H3. The lowest BCUT2D eigenvalue weighted by atomic mass is 10.00. The first-order valence-electron chi connectivity index (χ1n) is 7.56. The van der Waals surface area contributed by atoms with Crippen LogP contribution in [0.3, 0.4) is 0 Å². The molecule has 2 rings (SSSR count). The maximum atomic E-state index is 13.9. The number of aryl methyl sites for hydroxylation is 2. The van der Waals surface area contributed by atoms with Crippen molar-refractivity contribution < 1.29 is 4.39 Å². The average Bonchev–Trinajstić information content (AvgIpc) is 2.45. The van der Waals surface area contributed by atoms with E-state index in [9.17, 15) is 4.39 Å². The molecule has 20 heavy (non-hydrogen) atoms. The largest absolute Gasteiger partial charge is 0.206 e. The van der Waals surface area contributed by atoms with Gasteiger partial charge in [-0.1, -0.05) is 62.6 Å². The second-order valence-electron chi connectivity index (χ2n) is 5.49. The fraction of sp³-hybridized carbons (Fsp3) is 0.368. The van der Waals surface area contributed by atoms with E-state index in [4.69, 9.17) is 0 Å². The quantitative estimate of drug-likeness (QED) is 0.571. The van der Waals surface area contributed by atoms with Crippen molar-refractivity contribution in [3.05, 3.63) is 59.4 Å². The van der Waals surface area contributed by atoms with E-state index in [-0.39, 0.29) is 5.82 Å². The molecule has 0 atom stereocenters. The highest BCUT2D eigenvalue weighted by atomic mass is 19.1. The molecule has 0 N–H and O–H groups in total. The van der Waals surface area contributed by atoms with Gasteiger partial charge in [-0.2, -0.15) is 0 Å². The van der Waals surface area contributed by atoms with E-state index < -0.39 is 0 Å². The third-order valence-corrected chi connectivity index (χ3v) is 3.71. The molecule has 0 radical (unpaired) electrons. The summed E-state index contributed by atoms with van der Waals surface area (Å²) in [5.74, 6) is -0.138. The zero-order valence-corrected chi connectivity index (χ0v) is 12.5. The molecule has 0 amide bonds. The number of hydrogen-bond acceptors (Lipinski definition) is 0. The molecule has 0 saturated heterocycles. The SMILES string of the molecule is CCCCCCc1ccc(-c2ccc(C)cc2F)cc1. The molecule has 0 heterocycles. The fourth-order valence-electron chi connectivity index (χ4n) is 2.46. The molecule has 0 unspecified atom stereocenters. The van der Waals surface area contributed by atoms with E-state index in [1.54, 1.807) is 6.07 Å². The molecule has 0 saturated carbocycles. The second kappa shape index (κ2) is 7.23. The van der Waals surface area contributed by atoms with Gasteiger partial charge in [-0.3, -0.25) is 0 Å². The van der Waals surface area contributed by atoms with Crippen molar-refractivity contribution >= 4 is 0 Å². The molecule has 0 fully saturated rings. The lowest BCUT2D eigenvalue weighted by Crippen LogP contribution is -1.88. The zero-order valence-electron chi connectivity index (χ0n) is 12.5. The minimum Gasteiger partial charge on any atom is -0.206 e. The summed E-state index contributed by atoms with van der Waals surface area (Å²) in [5, 5.41) is 0. The Labute approximate surface area is 121 Å². The molecule has 1 heteroatoms. The Morgan fingerprint density at radius 1 is 0.900 bits per heavy atom. The first-order valence-corrected chi connectivity index (χ1v) is 7.56. The van der Waals surface area contributed by atoms with Crippen LogP contribution >= 0.6 is 0 Å². The Morgan fingerprint density at radius 3 is 2.30 bits per heavy atom. The van der Waals surface area contributed by atoms with Gasteiger partial charge in [-0.15, -0.1) is 0 Å². The molecule has 0 aliphatic heterocycles. The van der Waals surface area contributed by atoms with Crippen LogP contribution in [-0.4, -0.2) is 0 Å². The number of halogens is 1. The van der Waals surface area contributed by atoms with E-state index in [2.05, 4.69) is 19.1 Å². The minimum atomic E-state index is -0.138. The van der Waals surface area contributed by atoms with Crippen molar-refractivity contribution in [2.75, 3.05) is 0 Å². The van der Waals surface area contributed by atoms with E-state index >= 15 is 0 Å². The van der Waals surface area contributed by atoms with Crippen molar-refractivity contribution in [3.63, 3.8) is 0 Å². The van der Waals surface area contributed by atoms with Gasteiger partial charge >= 0.3 is 0 Å². The van der Waals surface area contributed by atoms with Gasteiger partial charge in [0.2, 0.25) is 0 Å². The predicted octanol–water partition coefficient (Wildman–Crippen LogP) is 5.92. The molecular weight excluding hydrogens is 247 g/mol. The van der Waals surface area contributed by atoms with Gasteiger partial charge < -0.3 is 0 Å². The highest BCUT2D eigenvalue weighted by molar-refractivity contribution is 5.64. The summed E-state index contributed by atoms with van der Waals surface area (Å²) in [6.45, 7) is 4.14. The van der Waals surface area contributed by atoms with Crippen LogP contribution in [0.2, 0.25) is 0 Å². The van der Waals surface area contributed by atoms with E-state index in [1.165, 1.54) is 31.2 Å². The van der Waals surface area contributed by atoms with Crippen molar-refractivity contribution in [2.24, 2.45) is 0 Å². The molecule has 106 valence electrons. The Kier molecular flexibility index (Phi) is 5.34. The van der Waals surface area contributed by atoms with Gasteiger partial charge in [0.25, 0.3) is 0 Å². The monoisotopic (exact) mass is 270 g/mol. The maximum absolute atomic E-state index is 13.9. The van der Waals surface area contributed by atoms with Crippen LogP contribution in [0, 0.1) is 12.7 Å². The second-order valence-corrected chi connectivity index (χ2v) is 5.49. The van der Waals surface area contributed by atoms with E-state index in [1.807, 2.05) is 31.2 Å². The van der Waals surface area contributed by atoms with Crippen LogP contribution in [0.15, 0.2) is 42.5 Å². The Morgan fingerprint density at radius 2 is 1.65 bits per heavy atom. The van der Waals surface area contributed by atoms with Crippen LogP contribution in [0.5, 0.6) is 0 Å². The number of hydrogen-bond donors (Lipinski definition) is 0. The highest BCUT2D eigenvalue weighted by Crippen LogP contribution is 2.24. The molecular formula is C19H23F. The van der Waals surface area contributed by atoms with Crippen LogP contribution in [-0.2, 0) is 6.42 Å². The Bertz CT molecular complexity index is 540. The summed E-state index contributed by atoms with van der Waals surface area (Å²) >= 11 is 0. The van der Waals surface area contributed by atoms with Crippen molar-refractivity contribution in [1.82, 2.24) is 0 Å². The van der Waals surface area contributed by atoms with Crippen LogP contribution in [0.4, 0.5) is 4.39 Å². The summed E-state index contributed by atoms with van der Waals surface area (Å²) in [7, 11) is 0. The van der Waals surface area contributed by atoms with Gasteiger partial charge in [-0.25, -0.2) is 4.39 Å². The smallest absolute Gasteiger partial charge is 0.131 e. The number of rotatable bonds is 6. The number of benzene rings is 2. The zero-order chi connectivity index (χ0) is 14.4. The van der Waals surface area contributed by atoms with Crippen molar-refractivity contribution in [2.45, 2.75) is 46.0 Å². The van der Waals surface area contributed by atoms with Crippen molar-refractivity contribution in [3.8, 4) is 11.1 Å². The molecule has 0 spiro atoms. The van der Waals surface area contributed by atoms with Gasteiger partial charge in [0.1, 0.15) is 5.82 Å². The normalized spacial score (nSPS) is 10.8. The first kappa shape index (κ1) is 14.8. The van der Waals surface area contributed by atoms with Gasteiger partial charge in [0.15, 0.2) is 0 Å². The summed E-state index contributed by atoms with van der Waals surface area (Å²) in [6.07, 6.45) is 6.24. The maximum Gasteiger partial charge on any atom is 0.131 e. The molecule has 0 aliphatic carbocycles. The van der Waals surface area contributed by atoms with Crippen LogP contribution in [0.1, 0.15) is 43.7 Å².